The molecule has 3 rings (SSSR count). The van der Waals surface area contributed by atoms with Crippen LogP contribution in [-0.4, -0.2) is 80.5 Å². The summed E-state index contributed by atoms with van der Waals surface area (Å²) in [6, 6.07) is 7.12. The molecule has 0 amide bonds. The van der Waals surface area contributed by atoms with E-state index in [0.717, 1.165) is 63.9 Å². The molecule has 2 fully saturated rings. The van der Waals surface area contributed by atoms with Gasteiger partial charge in [0.15, 0.2) is 12.6 Å². The standard InChI is InChI=1S/C20H29F3N4O2.HI/c1-2-24-19(27-8-7-17(14-27)26-9-11-28-12-10-26)25-13-16-3-5-18(6-4-16)29-15-20(21,22)23;/h3-6,17H,2,7-15H2,1H3,(H,24,25);1H. The number of ether oxygens (including phenoxy) is 2. The molecular formula is C20H30F3IN4O2. The summed E-state index contributed by atoms with van der Waals surface area (Å²) in [5.74, 6) is 1.08. The van der Waals surface area contributed by atoms with Crippen LogP contribution in [-0.2, 0) is 11.3 Å². The first-order chi connectivity index (χ1) is 13.9. The molecule has 2 heterocycles. The van der Waals surface area contributed by atoms with Crippen molar-refractivity contribution in [3.05, 3.63) is 29.8 Å². The maximum Gasteiger partial charge on any atom is 0.422 e. The third-order valence-electron chi connectivity index (χ3n) is 5.10. The minimum Gasteiger partial charge on any atom is -0.484 e. The van der Waals surface area contributed by atoms with Crippen molar-refractivity contribution in [2.45, 2.75) is 32.1 Å². The fourth-order valence-corrected chi connectivity index (χ4v) is 3.62. The van der Waals surface area contributed by atoms with Crippen LogP contribution in [0.15, 0.2) is 29.3 Å². The molecule has 1 unspecified atom stereocenters. The molecule has 0 spiro atoms. The Morgan fingerprint density at radius 3 is 2.53 bits per heavy atom. The predicted octanol–water partition coefficient (Wildman–Crippen LogP) is 3.12. The van der Waals surface area contributed by atoms with E-state index in [4.69, 9.17) is 14.5 Å². The number of hydrogen-bond donors (Lipinski definition) is 1. The molecule has 170 valence electrons. The fraction of sp³-hybridized carbons (Fsp3) is 0.650. The van der Waals surface area contributed by atoms with Crippen molar-refractivity contribution in [2.75, 3.05) is 52.5 Å². The highest BCUT2D eigenvalue weighted by molar-refractivity contribution is 14.0. The van der Waals surface area contributed by atoms with Gasteiger partial charge in [-0.15, -0.1) is 24.0 Å². The molecule has 1 aromatic carbocycles. The summed E-state index contributed by atoms with van der Waals surface area (Å²) >= 11 is 0. The van der Waals surface area contributed by atoms with Gasteiger partial charge in [0, 0.05) is 38.8 Å². The second-order valence-corrected chi connectivity index (χ2v) is 7.25. The molecule has 6 nitrogen and oxygen atoms in total. The van der Waals surface area contributed by atoms with Crippen LogP contribution in [0.2, 0.25) is 0 Å². The number of halogens is 4. The van der Waals surface area contributed by atoms with Gasteiger partial charge in [0.2, 0.25) is 0 Å². The summed E-state index contributed by atoms with van der Waals surface area (Å²) in [7, 11) is 0. The maximum atomic E-state index is 12.2. The number of nitrogens with zero attached hydrogens (tertiary/aromatic N) is 3. The van der Waals surface area contributed by atoms with Crippen molar-refractivity contribution in [1.82, 2.24) is 15.1 Å². The Balaban J connectivity index is 0.00000320. The summed E-state index contributed by atoms with van der Waals surface area (Å²) in [6.07, 6.45) is -3.23. The lowest BCUT2D eigenvalue weighted by molar-refractivity contribution is -0.153. The highest BCUT2D eigenvalue weighted by Crippen LogP contribution is 2.20. The minimum atomic E-state index is -4.33. The molecule has 10 heteroatoms. The molecule has 2 aliphatic heterocycles. The van der Waals surface area contributed by atoms with Crippen LogP contribution in [0.5, 0.6) is 5.75 Å². The quantitative estimate of drug-likeness (QED) is 0.340. The topological polar surface area (TPSA) is 49.3 Å². The zero-order valence-electron chi connectivity index (χ0n) is 17.2. The Kier molecular flexibility index (Phi) is 9.95. The van der Waals surface area contributed by atoms with E-state index < -0.39 is 12.8 Å². The van der Waals surface area contributed by atoms with Gasteiger partial charge in [-0.2, -0.15) is 13.2 Å². The molecule has 0 saturated carbocycles. The lowest BCUT2D eigenvalue weighted by Gasteiger charge is -2.32. The van der Waals surface area contributed by atoms with Crippen LogP contribution in [0.3, 0.4) is 0 Å². The molecule has 0 bridgehead atoms. The van der Waals surface area contributed by atoms with Crippen LogP contribution in [0.4, 0.5) is 13.2 Å². The van der Waals surface area contributed by atoms with Crippen molar-refractivity contribution < 1.29 is 22.6 Å². The van der Waals surface area contributed by atoms with Crippen LogP contribution < -0.4 is 10.1 Å². The van der Waals surface area contributed by atoms with E-state index in [-0.39, 0.29) is 29.7 Å². The van der Waals surface area contributed by atoms with Crippen LogP contribution in [0.25, 0.3) is 0 Å². The zero-order chi connectivity index (χ0) is 20.7. The van der Waals surface area contributed by atoms with Crippen LogP contribution in [0, 0.1) is 0 Å². The molecule has 2 saturated heterocycles. The van der Waals surface area contributed by atoms with Gasteiger partial charge in [-0.25, -0.2) is 4.99 Å². The summed E-state index contributed by atoms with van der Waals surface area (Å²) in [6.45, 7) is 7.45. The van der Waals surface area contributed by atoms with Gasteiger partial charge in [0.05, 0.1) is 19.8 Å². The number of nitrogens with one attached hydrogen (secondary N) is 1. The number of hydrogen-bond acceptors (Lipinski definition) is 4. The van der Waals surface area contributed by atoms with E-state index in [1.807, 2.05) is 6.92 Å². The number of likely N-dealkylation sites (tertiary alicyclic amines) is 1. The highest BCUT2D eigenvalue weighted by atomic mass is 127. The monoisotopic (exact) mass is 542 g/mol. The molecule has 1 aromatic rings. The van der Waals surface area contributed by atoms with Crippen molar-refractivity contribution >= 4 is 29.9 Å². The Morgan fingerprint density at radius 1 is 1.20 bits per heavy atom. The molecule has 0 aromatic heterocycles. The predicted molar refractivity (Wildman–Crippen MR) is 121 cm³/mol. The van der Waals surface area contributed by atoms with E-state index in [1.165, 1.54) is 0 Å². The number of morpholine rings is 1. The third kappa shape index (κ3) is 7.77. The van der Waals surface area contributed by atoms with Gasteiger partial charge in [0.25, 0.3) is 0 Å². The van der Waals surface area contributed by atoms with Gasteiger partial charge < -0.3 is 19.7 Å². The summed E-state index contributed by atoms with van der Waals surface area (Å²) < 4.78 is 46.9. The van der Waals surface area contributed by atoms with Crippen molar-refractivity contribution in [3.63, 3.8) is 0 Å². The lowest BCUT2D eigenvalue weighted by atomic mass is 10.2. The minimum absolute atomic E-state index is 0. The second-order valence-electron chi connectivity index (χ2n) is 7.25. The summed E-state index contributed by atoms with van der Waals surface area (Å²) in [5, 5.41) is 3.35. The first kappa shape index (κ1) is 25.0. The number of aliphatic imine (C=N–C) groups is 1. The van der Waals surface area contributed by atoms with E-state index in [2.05, 4.69) is 15.1 Å². The first-order valence-corrected chi connectivity index (χ1v) is 10.1. The summed E-state index contributed by atoms with van der Waals surface area (Å²) in [4.78, 5) is 9.50. The molecule has 30 heavy (non-hydrogen) atoms. The van der Waals surface area contributed by atoms with Crippen molar-refractivity contribution in [2.24, 2.45) is 4.99 Å². The third-order valence-corrected chi connectivity index (χ3v) is 5.10. The smallest absolute Gasteiger partial charge is 0.422 e. The average molecular weight is 542 g/mol. The normalized spacial score (nSPS) is 20.7. The number of guanidine groups is 1. The van der Waals surface area contributed by atoms with Crippen molar-refractivity contribution in [3.8, 4) is 5.75 Å². The largest absolute Gasteiger partial charge is 0.484 e. The number of benzene rings is 1. The Bertz CT molecular complexity index is 667. The van der Waals surface area contributed by atoms with Gasteiger partial charge in [0.1, 0.15) is 5.75 Å². The average Bonchev–Trinajstić information content (AvgIpc) is 3.20. The van der Waals surface area contributed by atoms with E-state index in [9.17, 15) is 13.2 Å². The fourth-order valence-electron chi connectivity index (χ4n) is 3.62. The highest BCUT2D eigenvalue weighted by Gasteiger charge is 2.30. The lowest BCUT2D eigenvalue weighted by Crippen LogP contribution is -2.46. The van der Waals surface area contributed by atoms with Gasteiger partial charge in [-0.1, -0.05) is 12.1 Å². The molecule has 2 aliphatic rings. The number of rotatable bonds is 6. The molecular weight excluding hydrogens is 512 g/mol. The van der Waals surface area contributed by atoms with E-state index >= 15 is 0 Å². The first-order valence-electron chi connectivity index (χ1n) is 10.1. The van der Waals surface area contributed by atoms with E-state index in [1.54, 1.807) is 24.3 Å². The molecule has 0 radical (unpaired) electrons. The van der Waals surface area contributed by atoms with Gasteiger partial charge in [-0.05, 0) is 31.0 Å². The SMILES string of the molecule is CCNC(=NCc1ccc(OCC(F)(F)F)cc1)N1CCC(N2CCOCC2)C1.I. The van der Waals surface area contributed by atoms with Gasteiger partial charge >= 0.3 is 6.18 Å². The van der Waals surface area contributed by atoms with Crippen LogP contribution >= 0.6 is 24.0 Å². The Morgan fingerprint density at radius 2 is 1.90 bits per heavy atom. The van der Waals surface area contributed by atoms with Crippen LogP contribution in [0.1, 0.15) is 18.9 Å². The molecule has 1 atom stereocenters. The zero-order valence-corrected chi connectivity index (χ0v) is 19.5. The van der Waals surface area contributed by atoms with E-state index in [0.29, 0.717) is 12.6 Å². The summed E-state index contributed by atoms with van der Waals surface area (Å²) in [5.41, 5.74) is 0.920. The molecule has 0 aliphatic carbocycles. The van der Waals surface area contributed by atoms with Crippen molar-refractivity contribution in [1.29, 1.82) is 0 Å². The van der Waals surface area contributed by atoms with Gasteiger partial charge in [-0.3, -0.25) is 4.90 Å². The number of alkyl halides is 3. The second kappa shape index (κ2) is 11.9. The maximum absolute atomic E-state index is 12.2. The molecule has 1 N–H and O–H groups in total. The Hall–Kier alpha value is -1.27. The Labute approximate surface area is 192 Å².